The van der Waals surface area contributed by atoms with Crippen molar-refractivity contribution >= 4 is 17.4 Å². The normalized spacial score (nSPS) is 15.1. The van der Waals surface area contributed by atoms with E-state index in [-0.39, 0.29) is 11.7 Å². The van der Waals surface area contributed by atoms with Crippen LogP contribution in [0.15, 0.2) is 55.0 Å². The number of aryl methyl sites for hydroxylation is 1. The molecule has 4 aromatic rings. The quantitative estimate of drug-likeness (QED) is 0.277. The van der Waals surface area contributed by atoms with E-state index >= 15 is 0 Å². The molecule has 1 aromatic carbocycles. The van der Waals surface area contributed by atoms with Crippen LogP contribution in [0.1, 0.15) is 43.6 Å². The lowest BCUT2D eigenvalue weighted by Gasteiger charge is -2.37. The van der Waals surface area contributed by atoms with E-state index in [2.05, 4.69) is 19.9 Å². The van der Waals surface area contributed by atoms with Crippen LogP contribution in [-0.2, 0) is 16.0 Å². The highest BCUT2D eigenvalue weighted by Crippen LogP contribution is 2.34. The molecule has 204 valence electrons. The number of para-hydroxylation sites is 1. The molecule has 1 saturated heterocycles. The molecular weight excluding hydrogens is 504 g/mol. The van der Waals surface area contributed by atoms with Crippen molar-refractivity contribution in [3.63, 3.8) is 0 Å². The molecule has 3 aromatic heterocycles. The molecule has 5 rings (SSSR count). The van der Waals surface area contributed by atoms with Crippen molar-refractivity contribution in [2.45, 2.75) is 46.6 Å². The Morgan fingerprint density at radius 1 is 1.10 bits per heavy atom. The highest BCUT2D eigenvalue weighted by atomic mass is 19.3. The first-order chi connectivity index (χ1) is 18.8. The summed E-state index contributed by atoms with van der Waals surface area (Å²) >= 11 is 0. The van der Waals surface area contributed by atoms with Gasteiger partial charge in [0.15, 0.2) is 0 Å². The zero-order chi connectivity index (χ0) is 27.6. The number of carbonyl (C=O) groups excluding carboxylic acids is 1. The second-order valence-corrected chi connectivity index (χ2v) is 9.98. The van der Waals surface area contributed by atoms with Crippen molar-refractivity contribution in [1.82, 2.24) is 19.4 Å². The number of halogens is 2. The topological polar surface area (TPSA) is 81.8 Å². The Hall–Kier alpha value is -4.08. The largest absolute Gasteiger partial charge is 0.466 e. The second-order valence-electron chi connectivity index (χ2n) is 9.98. The highest BCUT2D eigenvalue weighted by molar-refractivity contribution is 5.76. The number of rotatable bonds is 8. The molecule has 1 aliphatic rings. The van der Waals surface area contributed by atoms with E-state index in [9.17, 15) is 13.6 Å². The van der Waals surface area contributed by atoms with Crippen LogP contribution in [0.2, 0.25) is 0 Å². The number of hydrogen-bond donors (Lipinski definition) is 0. The van der Waals surface area contributed by atoms with Crippen LogP contribution in [0, 0.1) is 12.3 Å². The SMILES string of the molecule is CCOC(=O)C1(C)CCN(c2cnc(-c3ccc4nc(C)c(Cc5ccccc5OC(F)F)n4c3)cn2)CC1. The molecule has 0 radical (unpaired) electrons. The molecule has 0 aliphatic carbocycles. The molecule has 0 atom stereocenters. The van der Waals surface area contributed by atoms with Crippen molar-refractivity contribution in [2.75, 3.05) is 24.6 Å². The summed E-state index contributed by atoms with van der Waals surface area (Å²) in [5.41, 5.74) is 4.17. The van der Waals surface area contributed by atoms with Crippen LogP contribution in [0.25, 0.3) is 16.9 Å². The third-order valence-electron chi connectivity index (χ3n) is 7.36. The standard InChI is InChI=1S/C29H31F2N5O3/c1-4-38-27(37)29(3)11-13-35(14-12-29)26-17-32-22(16-33-26)21-9-10-25-34-19(2)23(36(25)18-21)15-20-7-5-6-8-24(20)39-28(30)31/h5-10,16-18,28H,4,11-15H2,1-3H3. The Bertz CT molecular complexity index is 1460. The number of nitrogens with zero attached hydrogens (tertiary/aromatic N) is 5. The number of anilines is 1. The van der Waals surface area contributed by atoms with Gasteiger partial charge in [-0.3, -0.25) is 9.78 Å². The number of alkyl halides is 2. The molecule has 0 bridgehead atoms. The molecule has 0 saturated carbocycles. The average molecular weight is 536 g/mol. The molecule has 0 N–H and O–H groups in total. The first-order valence-corrected chi connectivity index (χ1v) is 13.0. The smallest absolute Gasteiger partial charge is 0.387 e. The zero-order valence-corrected chi connectivity index (χ0v) is 22.2. The van der Waals surface area contributed by atoms with Gasteiger partial charge in [-0.05, 0) is 51.8 Å². The number of pyridine rings is 1. The van der Waals surface area contributed by atoms with E-state index in [1.54, 1.807) is 36.7 Å². The van der Waals surface area contributed by atoms with Crippen molar-refractivity contribution in [3.8, 4) is 17.0 Å². The van der Waals surface area contributed by atoms with Crippen molar-refractivity contribution in [3.05, 3.63) is 71.9 Å². The Morgan fingerprint density at radius 2 is 1.87 bits per heavy atom. The molecule has 8 nitrogen and oxygen atoms in total. The van der Waals surface area contributed by atoms with Gasteiger partial charge >= 0.3 is 12.6 Å². The first-order valence-electron chi connectivity index (χ1n) is 13.0. The number of piperidine rings is 1. The van der Waals surface area contributed by atoms with Gasteiger partial charge in [0, 0.05) is 42.5 Å². The van der Waals surface area contributed by atoms with Gasteiger partial charge in [-0.2, -0.15) is 8.78 Å². The summed E-state index contributed by atoms with van der Waals surface area (Å²) in [7, 11) is 0. The number of esters is 1. The summed E-state index contributed by atoms with van der Waals surface area (Å²) in [6.45, 7) is 4.58. The van der Waals surface area contributed by atoms with Gasteiger partial charge in [-0.1, -0.05) is 18.2 Å². The molecule has 0 spiro atoms. The van der Waals surface area contributed by atoms with Gasteiger partial charge in [0.2, 0.25) is 0 Å². The van der Waals surface area contributed by atoms with Gasteiger partial charge in [0.25, 0.3) is 0 Å². The number of hydrogen-bond acceptors (Lipinski definition) is 7. The van der Waals surface area contributed by atoms with Gasteiger partial charge in [-0.25, -0.2) is 9.97 Å². The first kappa shape index (κ1) is 26.5. The van der Waals surface area contributed by atoms with Crippen LogP contribution < -0.4 is 9.64 Å². The Balaban J connectivity index is 1.35. The number of aromatic nitrogens is 4. The van der Waals surface area contributed by atoms with Gasteiger partial charge in [-0.15, -0.1) is 0 Å². The van der Waals surface area contributed by atoms with E-state index < -0.39 is 12.0 Å². The predicted octanol–water partition coefficient (Wildman–Crippen LogP) is 5.46. The van der Waals surface area contributed by atoms with Crippen LogP contribution in [0.4, 0.5) is 14.6 Å². The van der Waals surface area contributed by atoms with Crippen molar-refractivity contribution in [1.29, 1.82) is 0 Å². The van der Waals surface area contributed by atoms with Crippen molar-refractivity contribution < 1.29 is 23.0 Å². The van der Waals surface area contributed by atoms with E-state index in [0.29, 0.717) is 50.2 Å². The summed E-state index contributed by atoms with van der Waals surface area (Å²) in [6.07, 6.45) is 7.20. The molecular formula is C29H31F2N5O3. The summed E-state index contributed by atoms with van der Waals surface area (Å²) in [5, 5.41) is 0. The van der Waals surface area contributed by atoms with E-state index in [0.717, 1.165) is 28.4 Å². The fraction of sp³-hybridized carbons (Fsp3) is 0.379. The zero-order valence-electron chi connectivity index (χ0n) is 22.2. The number of fused-ring (bicyclic) bond motifs is 1. The fourth-order valence-corrected chi connectivity index (χ4v) is 4.99. The minimum Gasteiger partial charge on any atom is -0.466 e. The maximum absolute atomic E-state index is 12.9. The lowest BCUT2D eigenvalue weighted by atomic mass is 9.80. The lowest BCUT2D eigenvalue weighted by Crippen LogP contribution is -2.43. The number of benzene rings is 1. The van der Waals surface area contributed by atoms with Crippen LogP contribution in [0.3, 0.4) is 0 Å². The van der Waals surface area contributed by atoms with Gasteiger partial charge in [0.05, 0.1) is 35.8 Å². The summed E-state index contributed by atoms with van der Waals surface area (Å²) < 4.78 is 37.8. The van der Waals surface area contributed by atoms with Crippen LogP contribution in [-0.4, -0.2) is 51.6 Å². The monoisotopic (exact) mass is 535 g/mol. The maximum Gasteiger partial charge on any atom is 0.387 e. The molecule has 1 aliphatic heterocycles. The third kappa shape index (κ3) is 5.55. The van der Waals surface area contributed by atoms with E-state index in [1.807, 2.05) is 43.5 Å². The molecule has 4 heterocycles. The number of carbonyl (C=O) groups is 1. The number of imidazole rings is 1. The molecule has 39 heavy (non-hydrogen) atoms. The Morgan fingerprint density at radius 3 is 2.56 bits per heavy atom. The Kier molecular flexibility index (Phi) is 7.45. The summed E-state index contributed by atoms with van der Waals surface area (Å²) in [5.74, 6) is 0.779. The minimum atomic E-state index is -2.89. The highest BCUT2D eigenvalue weighted by Gasteiger charge is 2.38. The minimum absolute atomic E-state index is 0.138. The molecule has 10 heteroatoms. The lowest BCUT2D eigenvalue weighted by molar-refractivity contribution is -0.155. The third-order valence-corrected chi connectivity index (χ3v) is 7.36. The second kappa shape index (κ2) is 11.0. The van der Waals surface area contributed by atoms with E-state index in [1.165, 1.54) is 0 Å². The molecule has 0 unspecified atom stereocenters. The van der Waals surface area contributed by atoms with Crippen LogP contribution in [0.5, 0.6) is 5.75 Å². The predicted molar refractivity (Wildman–Crippen MR) is 143 cm³/mol. The van der Waals surface area contributed by atoms with E-state index in [4.69, 9.17) is 9.47 Å². The average Bonchev–Trinajstić information content (AvgIpc) is 3.24. The summed E-state index contributed by atoms with van der Waals surface area (Å²) in [6, 6.07) is 10.6. The number of ether oxygens (including phenoxy) is 2. The Labute approximate surface area is 225 Å². The summed E-state index contributed by atoms with van der Waals surface area (Å²) in [4.78, 5) is 28.4. The van der Waals surface area contributed by atoms with Gasteiger partial charge in [0.1, 0.15) is 17.2 Å². The van der Waals surface area contributed by atoms with Crippen molar-refractivity contribution in [2.24, 2.45) is 5.41 Å². The van der Waals surface area contributed by atoms with Gasteiger partial charge < -0.3 is 18.8 Å². The molecule has 0 amide bonds. The van der Waals surface area contributed by atoms with Crippen LogP contribution >= 0.6 is 0 Å². The fourth-order valence-electron chi connectivity index (χ4n) is 4.99. The maximum atomic E-state index is 12.9. The molecule has 1 fully saturated rings.